The van der Waals surface area contributed by atoms with Gasteiger partial charge in [0.2, 0.25) is 0 Å². The molecule has 26 heavy (non-hydrogen) atoms. The van der Waals surface area contributed by atoms with Crippen LogP contribution in [0.3, 0.4) is 0 Å². The van der Waals surface area contributed by atoms with Crippen LogP contribution in [0.2, 0.25) is 0 Å². The highest BCUT2D eigenvalue weighted by molar-refractivity contribution is 5.83. The van der Waals surface area contributed by atoms with Gasteiger partial charge in [-0.15, -0.1) is 0 Å². The highest BCUT2D eigenvalue weighted by atomic mass is 16.4. The molecule has 0 heterocycles. The molecule has 0 radical (unpaired) electrons. The zero-order valence-electron chi connectivity index (χ0n) is 13.2. The van der Waals surface area contributed by atoms with Crippen LogP contribution in [-0.2, 0) is 19.2 Å². The number of carboxylic acids is 4. The topological polar surface area (TPSA) is 271 Å². The van der Waals surface area contributed by atoms with E-state index in [0.29, 0.717) is 0 Å². The van der Waals surface area contributed by atoms with Gasteiger partial charge in [-0.1, -0.05) is 0 Å². The first-order valence-corrected chi connectivity index (χ1v) is 6.70. The lowest BCUT2D eigenvalue weighted by molar-refractivity contribution is -0.165. The third-order valence-electron chi connectivity index (χ3n) is 2.18. The van der Waals surface area contributed by atoms with Crippen molar-refractivity contribution in [1.29, 1.82) is 0 Å². The second-order valence-electron chi connectivity index (χ2n) is 4.29. The van der Waals surface area contributed by atoms with E-state index < -0.39 is 48.3 Å². The standard InChI is InChI=1S/2C4H6O6.C4H10O2/c2*5-1(3(7)8)2(6)4(9)10;5-3-1-2-4-6/h2*1-2,5-6H,(H,7,8)(H,9,10);5-6H,1-4H2. The predicted octanol–water partition coefficient (Wildman–Crippen LogP) is -4.49. The Balaban J connectivity index is -0.000000316. The minimum atomic E-state index is -2.27. The van der Waals surface area contributed by atoms with E-state index in [4.69, 9.17) is 51.1 Å². The van der Waals surface area contributed by atoms with E-state index in [1.54, 1.807) is 0 Å². The van der Waals surface area contributed by atoms with E-state index in [9.17, 15) is 19.2 Å². The summed E-state index contributed by atoms with van der Waals surface area (Å²) in [5.74, 6) is -7.07. The fraction of sp³-hybridized carbons (Fsp3) is 0.667. The van der Waals surface area contributed by atoms with Gasteiger partial charge in [-0.25, -0.2) is 19.2 Å². The van der Waals surface area contributed by atoms with Crippen LogP contribution in [0, 0.1) is 0 Å². The molecule has 0 aromatic rings. The molecule has 0 bridgehead atoms. The maximum atomic E-state index is 9.77. The minimum absolute atomic E-state index is 0.195. The molecule has 0 aliphatic heterocycles. The van der Waals surface area contributed by atoms with E-state index in [-0.39, 0.29) is 13.2 Å². The van der Waals surface area contributed by atoms with Gasteiger partial charge in [0.25, 0.3) is 0 Å². The molecular weight excluding hydrogens is 368 g/mol. The number of hydrogen-bond acceptors (Lipinski definition) is 10. The molecule has 0 aromatic heterocycles. The second kappa shape index (κ2) is 16.1. The monoisotopic (exact) mass is 390 g/mol. The van der Waals surface area contributed by atoms with Crippen molar-refractivity contribution in [3.8, 4) is 0 Å². The van der Waals surface area contributed by atoms with Crippen LogP contribution in [0.4, 0.5) is 0 Å². The summed E-state index contributed by atoms with van der Waals surface area (Å²) in [5.41, 5.74) is 0. The van der Waals surface area contributed by atoms with Crippen molar-refractivity contribution in [2.75, 3.05) is 13.2 Å². The fourth-order valence-corrected chi connectivity index (χ4v) is 0.764. The van der Waals surface area contributed by atoms with Crippen molar-refractivity contribution >= 4 is 23.9 Å². The number of carbonyl (C=O) groups is 4. The molecule has 4 atom stereocenters. The van der Waals surface area contributed by atoms with Crippen molar-refractivity contribution in [3.63, 3.8) is 0 Å². The Bertz CT molecular complexity index is 360. The highest BCUT2D eigenvalue weighted by Crippen LogP contribution is 1.93. The highest BCUT2D eigenvalue weighted by Gasteiger charge is 2.30. The van der Waals surface area contributed by atoms with E-state index >= 15 is 0 Å². The third-order valence-corrected chi connectivity index (χ3v) is 2.18. The SMILES string of the molecule is O=C(O)C(O)C(O)C(=O)O.O=C(O)C(O)C(O)C(=O)O.OCCCCO. The maximum Gasteiger partial charge on any atom is 0.335 e. The summed E-state index contributed by atoms with van der Waals surface area (Å²) < 4.78 is 0. The first-order valence-electron chi connectivity index (χ1n) is 6.70. The Morgan fingerprint density at radius 2 is 0.654 bits per heavy atom. The molecule has 0 aliphatic carbocycles. The zero-order valence-corrected chi connectivity index (χ0v) is 13.2. The molecule has 0 aliphatic rings. The molecule has 10 N–H and O–H groups in total. The molecule has 0 fully saturated rings. The molecule has 0 spiro atoms. The molecule has 0 rings (SSSR count). The molecular formula is C12H22O14. The first-order chi connectivity index (χ1) is 11.8. The smallest absolute Gasteiger partial charge is 0.335 e. The Morgan fingerprint density at radius 1 is 0.500 bits per heavy atom. The van der Waals surface area contributed by atoms with Crippen LogP contribution in [0.25, 0.3) is 0 Å². The van der Waals surface area contributed by atoms with Gasteiger partial charge >= 0.3 is 23.9 Å². The van der Waals surface area contributed by atoms with Gasteiger partial charge in [-0.2, -0.15) is 0 Å². The zero-order chi connectivity index (χ0) is 21.4. The number of hydrogen-bond donors (Lipinski definition) is 10. The van der Waals surface area contributed by atoms with E-state index in [1.165, 1.54) is 0 Å². The number of aliphatic carboxylic acids is 4. The van der Waals surface area contributed by atoms with Gasteiger partial charge in [-0.3, -0.25) is 0 Å². The number of rotatable bonds is 9. The quantitative estimate of drug-likeness (QED) is 0.166. The summed E-state index contributed by atoms with van der Waals surface area (Å²) in [5, 5.41) is 81.2. The summed E-state index contributed by atoms with van der Waals surface area (Å²) in [6.45, 7) is 0.390. The Morgan fingerprint density at radius 3 is 0.731 bits per heavy atom. The summed E-state index contributed by atoms with van der Waals surface area (Å²) in [6.07, 6.45) is -7.63. The fourth-order valence-electron chi connectivity index (χ4n) is 0.764. The van der Waals surface area contributed by atoms with Crippen molar-refractivity contribution < 1.29 is 70.2 Å². The average molecular weight is 390 g/mol. The van der Waals surface area contributed by atoms with E-state index in [0.717, 1.165) is 12.8 Å². The molecule has 14 heteroatoms. The maximum absolute atomic E-state index is 9.77. The van der Waals surface area contributed by atoms with Gasteiger partial charge in [0.1, 0.15) is 0 Å². The van der Waals surface area contributed by atoms with Crippen molar-refractivity contribution in [1.82, 2.24) is 0 Å². The third kappa shape index (κ3) is 15.2. The van der Waals surface area contributed by atoms with Gasteiger partial charge in [0.05, 0.1) is 0 Å². The van der Waals surface area contributed by atoms with Crippen molar-refractivity contribution in [3.05, 3.63) is 0 Å². The van der Waals surface area contributed by atoms with Gasteiger partial charge in [-0.05, 0) is 12.8 Å². The normalized spacial score (nSPS) is 14.2. The largest absolute Gasteiger partial charge is 0.479 e. The molecule has 0 saturated heterocycles. The Kier molecular flexibility index (Phi) is 17.6. The molecule has 14 nitrogen and oxygen atoms in total. The van der Waals surface area contributed by atoms with Gasteiger partial charge in [0.15, 0.2) is 24.4 Å². The van der Waals surface area contributed by atoms with Crippen molar-refractivity contribution in [2.24, 2.45) is 0 Å². The summed E-state index contributed by atoms with van der Waals surface area (Å²) in [6, 6.07) is 0. The Hall–Kier alpha value is -2.36. The first kappa shape index (κ1) is 28.4. The lowest BCUT2D eigenvalue weighted by Crippen LogP contribution is -2.39. The van der Waals surface area contributed by atoms with E-state index in [1.807, 2.05) is 0 Å². The minimum Gasteiger partial charge on any atom is -0.479 e. The van der Waals surface area contributed by atoms with Crippen LogP contribution in [0.1, 0.15) is 12.8 Å². The number of unbranched alkanes of at least 4 members (excludes halogenated alkanes) is 1. The molecule has 154 valence electrons. The van der Waals surface area contributed by atoms with Crippen LogP contribution in [0.15, 0.2) is 0 Å². The van der Waals surface area contributed by atoms with Gasteiger partial charge < -0.3 is 51.1 Å². The lowest BCUT2D eigenvalue weighted by Gasteiger charge is -2.07. The van der Waals surface area contributed by atoms with E-state index in [2.05, 4.69) is 0 Å². The van der Waals surface area contributed by atoms with Crippen molar-refractivity contribution in [2.45, 2.75) is 37.3 Å². The number of carboxylic acid groups (broad SMARTS) is 4. The van der Waals surface area contributed by atoms with Gasteiger partial charge in [0, 0.05) is 13.2 Å². The van der Waals surface area contributed by atoms with Crippen LogP contribution in [-0.4, -0.2) is 113 Å². The molecule has 0 saturated carbocycles. The second-order valence-corrected chi connectivity index (χ2v) is 4.29. The lowest BCUT2D eigenvalue weighted by atomic mass is 10.2. The van der Waals surface area contributed by atoms with Crippen LogP contribution in [0.5, 0.6) is 0 Å². The van der Waals surface area contributed by atoms with Crippen LogP contribution >= 0.6 is 0 Å². The summed E-state index contributed by atoms with van der Waals surface area (Å²) in [4.78, 5) is 39.1. The Labute approximate surface area is 145 Å². The molecule has 0 aromatic carbocycles. The average Bonchev–Trinajstić information content (AvgIpc) is 2.57. The summed E-state index contributed by atoms with van der Waals surface area (Å²) >= 11 is 0. The summed E-state index contributed by atoms with van der Waals surface area (Å²) in [7, 11) is 0. The predicted molar refractivity (Wildman–Crippen MR) is 78.0 cm³/mol. The number of aliphatic hydroxyl groups is 6. The molecule has 0 amide bonds. The van der Waals surface area contributed by atoms with Crippen LogP contribution < -0.4 is 0 Å². The molecule has 4 unspecified atom stereocenters. The number of aliphatic hydroxyl groups excluding tert-OH is 6.